The van der Waals surface area contributed by atoms with Crippen molar-refractivity contribution < 1.29 is 18.0 Å². The minimum Gasteiger partial charge on any atom is -0.352 e. The van der Waals surface area contributed by atoms with E-state index < -0.39 is 11.7 Å². The van der Waals surface area contributed by atoms with Crippen molar-refractivity contribution in [2.75, 3.05) is 0 Å². The number of aromatic nitrogens is 1. The van der Waals surface area contributed by atoms with Crippen molar-refractivity contribution in [3.8, 4) is 0 Å². The van der Waals surface area contributed by atoms with Gasteiger partial charge in [-0.25, -0.2) is 0 Å². The molecule has 3 aromatic rings. The van der Waals surface area contributed by atoms with E-state index in [-0.39, 0.29) is 11.3 Å². The number of Topliss-reactive ketones (excluding diaryl/α,β-unsaturated/α-hetero) is 1. The number of benzene rings is 2. The molecule has 0 radical (unpaired) electrons. The average molecular weight is 341 g/mol. The van der Waals surface area contributed by atoms with Gasteiger partial charge in [-0.05, 0) is 42.2 Å². The average Bonchev–Trinajstić information content (AvgIpc) is 2.96. The maximum absolute atomic E-state index is 13.2. The van der Waals surface area contributed by atoms with Crippen LogP contribution in [0.1, 0.15) is 33.6 Å². The zero-order chi connectivity index (χ0) is 17.6. The highest BCUT2D eigenvalue weighted by Gasteiger charge is 2.33. The van der Waals surface area contributed by atoms with Gasteiger partial charge in [0.25, 0.3) is 0 Å². The first-order chi connectivity index (χ1) is 11.9. The summed E-state index contributed by atoms with van der Waals surface area (Å²) < 4.78 is 39.5. The van der Waals surface area contributed by atoms with E-state index in [2.05, 4.69) is 4.98 Å². The molecule has 1 N–H and O–H groups in total. The number of para-hydroxylation sites is 1. The van der Waals surface area contributed by atoms with Gasteiger partial charge in [0.1, 0.15) is 0 Å². The number of nitrogens with one attached hydrogen (secondary N) is 1. The first-order valence-electron chi connectivity index (χ1n) is 7.96. The standard InChI is InChI=1S/C20H14F3NO/c21-20(22,23)16-7-3-1-5-12(16)11-13-9-10-15-14-6-2-4-8-17(14)24-18(15)19(13)25/h1-8,11,24H,9-10H2/b13-11+. The number of fused-ring (bicyclic) bond motifs is 3. The number of carbonyl (C=O) groups excluding carboxylic acids is 1. The zero-order valence-electron chi connectivity index (χ0n) is 13.2. The van der Waals surface area contributed by atoms with Gasteiger partial charge in [-0.2, -0.15) is 13.2 Å². The Bertz CT molecular complexity index is 1010. The van der Waals surface area contributed by atoms with Crippen molar-refractivity contribution in [1.29, 1.82) is 0 Å². The molecule has 2 aromatic carbocycles. The fraction of sp³-hybridized carbons (Fsp3) is 0.150. The second-order valence-corrected chi connectivity index (χ2v) is 6.11. The highest BCUT2D eigenvalue weighted by molar-refractivity contribution is 6.15. The van der Waals surface area contributed by atoms with Crippen LogP contribution in [0.25, 0.3) is 17.0 Å². The predicted molar refractivity (Wildman–Crippen MR) is 90.4 cm³/mol. The van der Waals surface area contributed by atoms with E-state index in [0.29, 0.717) is 24.1 Å². The highest BCUT2D eigenvalue weighted by atomic mass is 19.4. The number of rotatable bonds is 1. The second-order valence-electron chi connectivity index (χ2n) is 6.11. The Balaban J connectivity index is 1.79. The number of H-pyrrole nitrogens is 1. The van der Waals surface area contributed by atoms with Crippen molar-refractivity contribution in [2.45, 2.75) is 19.0 Å². The Hall–Kier alpha value is -2.82. The number of aromatic amines is 1. The van der Waals surface area contributed by atoms with Crippen LogP contribution in [0.15, 0.2) is 54.1 Å². The molecule has 1 aliphatic carbocycles. The van der Waals surface area contributed by atoms with E-state index in [9.17, 15) is 18.0 Å². The third-order valence-electron chi connectivity index (χ3n) is 4.57. The summed E-state index contributed by atoms with van der Waals surface area (Å²) in [7, 11) is 0. The molecular formula is C20H14F3NO. The number of ketones is 1. The smallest absolute Gasteiger partial charge is 0.352 e. The highest BCUT2D eigenvalue weighted by Crippen LogP contribution is 2.35. The largest absolute Gasteiger partial charge is 0.416 e. The molecule has 0 saturated heterocycles. The van der Waals surface area contributed by atoms with Gasteiger partial charge < -0.3 is 4.98 Å². The van der Waals surface area contributed by atoms with Crippen LogP contribution in [0.5, 0.6) is 0 Å². The summed E-state index contributed by atoms with van der Waals surface area (Å²) in [6, 6.07) is 13.0. The van der Waals surface area contributed by atoms with Crippen molar-refractivity contribution in [2.24, 2.45) is 0 Å². The summed E-state index contributed by atoms with van der Waals surface area (Å²) in [6.07, 6.45) is -2.01. The number of aryl methyl sites for hydroxylation is 1. The molecule has 0 aliphatic heterocycles. The third-order valence-corrected chi connectivity index (χ3v) is 4.57. The second kappa shape index (κ2) is 5.62. The molecule has 1 heterocycles. The quantitative estimate of drug-likeness (QED) is 0.591. The lowest BCUT2D eigenvalue weighted by atomic mass is 9.88. The van der Waals surface area contributed by atoms with Crippen LogP contribution >= 0.6 is 0 Å². The Morgan fingerprint density at radius 3 is 2.48 bits per heavy atom. The molecular weight excluding hydrogens is 327 g/mol. The van der Waals surface area contributed by atoms with Gasteiger partial charge >= 0.3 is 6.18 Å². The summed E-state index contributed by atoms with van der Waals surface area (Å²) in [4.78, 5) is 15.9. The van der Waals surface area contributed by atoms with Crippen LogP contribution in [0, 0.1) is 0 Å². The molecule has 0 fully saturated rings. The maximum Gasteiger partial charge on any atom is 0.416 e. The van der Waals surface area contributed by atoms with Gasteiger partial charge in [0.05, 0.1) is 11.3 Å². The van der Waals surface area contributed by atoms with E-state index in [4.69, 9.17) is 0 Å². The number of carbonyl (C=O) groups is 1. The number of hydrogen-bond donors (Lipinski definition) is 1. The van der Waals surface area contributed by atoms with Gasteiger partial charge in [-0.15, -0.1) is 0 Å². The van der Waals surface area contributed by atoms with Crippen LogP contribution in [0.2, 0.25) is 0 Å². The van der Waals surface area contributed by atoms with Crippen LogP contribution in [-0.2, 0) is 12.6 Å². The number of hydrogen-bond acceptors (Lipinski definition) is 1. The Morgan fingerprint density at radius 2 is 1.68 bits per heavy atom. The molecule has 0 amide bonds. The number of allylic oxidation sites excluding steroid dienone is 1. The monoisotopic (exact) mass is 341 g/mol. The fourth-order valence-corrected chi connectivity index (χ4v) is 3.39. The van der Waals surface area contributed by atoms with E-state index >= 15 is 0 Å². The zero-order valence-corrected chi connectivity index (χ0v) is 13.2. The van der Waals surface area contributed by atoms with Crippen molar-refractivity contribution in [3.63, 3.8) is 0 Å². The maximum atomic E-state index is 13.2. The first-order valence-corrected chi connectivity index (χ1v) is 7.96. The van der Waals surface area contributed by atoms with Crippen LogP contribution < -0.4 is 0 Å². The number of alkyl halides is 3. The minimum absolute atomic E-state index is 0.0258. The molecule has 0 saturated carbocycles. The molecule has 126 valence electrons. The lowest BCUT2D eigenvalue weighted by molar-refractivity contribution is -0.137. The van der Waals surface area contributed by atoms with Gasteiger partial charge in [0, 0.05) is 16.5 Å². The lowest BCUT2D eigenvalue weighted by Crippen LogP contribution is -2.14. The molecule has 4 rings (SSSR count). The van der Waals surface area contributed by atoms with Gasteiger partial charge in [-0.1, -0.05) is 36.4 Å². The molecule has 1 aliphatic rings. The summed E-state index contributed by atoms with van der Waals surface area (Å²) in [5.41, 5.74) is 2.01. The molecule has 2 nitrogen and oxygen atoms in total. The van der Waals surface area contributed by atoms with E-state index in [1.54, 1.807) is 6.07 Å². The first kappa shape index (κ1) is 15.7. The fourth-order valence-electron chi connectivity index (χ4n) is 3.39. The Morgan fingerprint density at radius 1 is 0.960 bits per heavy atom. The molecule has 25 heavy (non-hydrogen) atoms. The molecule has 0 bridgehead atoms. The topological polar surface area (TPSA) is 32.9 Å². The van der Waals surface area contributed by atoms with E-state index in [0.717, 1.165) is 22.5 Å². The molecule has 1 aromatic heterocycles. The van der Waals surface area contributed by atoms with Crippen LogP contribution in [0.4, 0.5) is 13.2 Å². The summed E-state index contributed by atoms with van der Waals surface area (Å²) in [5, 5.41) is 1.00. The van der Waals surface area contributed by atoms with Gasteiger partial charge in [-0.3, -0.25) is 4.79 Å². The van der Waals surface area contributed by atoms with Crippen molar-refractivity contribution >= 4 is 22.8 Å². The molecule has 0 spiro atoms. The molecule has 0 unspecified atom stereocenters. The minimum atomic E-state index is -4.45. The summed E-state index contributed by atoms with van der Waals surface area (Å²) in [5.74, 6) is -0.227. The van der Waals surface area contributed by atoms with Gasteiger partial charge in [0.15, 0.2) is 0 Å². The SMILES string of the molecule is O=C1/C(=C/c2ccccc2C(F)(F)F)CCc2c1[nH]c1ccccc21. The van der Waals surface area contributed by atoms with Gasteiger partial charge in [0.2, 0.25) is 5.78 Å². The normalized spacial score (nSPS) is 16.4. The summed E-state index contributed by atoms with van der Waals surface area (Å²) in [6.45, 7) is 0. The lowest BCUT2D eigenvalue weighted by Gasteiger charge is -2.16. The Labute approximate surface area is 142 Å². The van der Waals surface area contributed by atoms with Crippen LogP contribution in [0.3, 0.4) is 0 Å². The van der Waals surface area contributed by atoms with E-state index in [1.807, 2.05) is 24.3 Å². The Kier molecular flexibility index (Phi) is 3.53. The van der Waals surface area contributed by atoms with Crippen molar-refractivity contribution in [3.05, 3.63) is 76.5 Å². The van der Waals surface area contributed by atoms with Crippen molar-refractivity contribution in [1.82, 2.24) is 4.98 Å². The van der Waals surface area contributed by atoms with E-state index in [1.165, 1.54) is 18.2 Å². The predicted octanol–water partition coefficient (Wildman–Crippen LogP) is 5.40. The third kappa shape index (κ3) is 2.65. The molecule has 5 heteroatoms. The number of halogens is 3. The summed E-state index contributed by atoms with van der Waals surface area (Å²) >= 11 is 0. The van der Waals surface area contributed by atoms with Crippen LogP contribution in [-0.4, -0.2) is 10.8 Å². The molecule has 0 atom stereocenters.